The first-order valence-corrected chi connectivity index (χ1v) is 41.3. The van der Waals surface area contributed by atoms with Crippen LogP contribution in [-0.2, 0) is 28.8 Å². The van der Waals surface area contributed by atoms with Crippen LogP contribution in [0.25, 0.3) is 0 Å². The summed E-state index contributed by atoms with van der Waals surface area (Å²) >= 11 is 3.82. The van der Waals surface area contributed by atoms with Crippen LogP contribution in [0, 0.1) is 0 Å². The molecular weight excluding hydrogens is 1330 g/mol. The highest BCUT2D eigenvalue weighted by atomic mass is 32.2. The molecule has 7 saturated heterocycles. The lowest BCUT2D eigenvalue weighted by atomic mass is 9.91. The van der Waals surface area contributed by atoms with Crippen molar-refractivity contribution in [2.24, 2.45) is 0 Å². The van der Waals surface area contributed by atoms with Crippen LogP contribution < -0.4 is 67.9 Å². The smallest absolute Gasteiger partial charge is 0.315 e. The Labute approximate surface area is 617 Å². The van der Waals surface area contributed by atoms with Crippen LogP contribution in [0.4, 0.5) is 27.4 Å². The van der Waals surface area contributed by atoms with Gasteiger partial charge in [0.2, 0.25) is 17.8 Å². The molecule has 6 atom stereocenters. The Hall–Kier alpha value is -5.09. The summed E-state index contributed by atoms with van der Waals surface area (Å²) in [6, 6.07) is 1.16. The fraction of sp³-hybridized carbons (Fsp3) is 0.803. The topological polar surface area (TPSA) is 305 Å². The van der Waals surface area contributed by atoms with Gasteiger partial charge in [0.15, 0.2) is 28.9 Å². The maximum atomic E-state index is 13.8. The van der Waals surface area contributed by atoms with Crippen LogP contribution >= 0.6 is 23.5 Å². The molecule has 8 aliphatic rings. The summed E-state index contributed by atoms with van der Waals surface area (Å²) in [5, 5.41) is 34.2. The van der Waals surface area contributed by atoms with Gasteiger partial charge in [-0.3, -0.25) is 28.8 Å². The summed E-state index contributed by atoms with van der Waals surface area (Å²) in [5.74, 6) is 5.09. The van der Waals surface area contributed by atoms with Crippen molar-refractivity contribution in [3.05, 3.63) is 23.8 Å². The monoisotopic (exact) mass is 1450 g/mol. The second-order valence-corrected chi connectivity index (χ2v) is 34.9. The van der Waals surface area contributed by atoms with Gasteiger partial charge in [0, 0.05) is 117 Å². The van der Waals surface area contributed by atoms with Gasteiger partial charge in [-0.1, -0.05) is 50.3 Å². The number of urea groups is 2. The van der Waals surface area contributed by atoms with Gasteiger partial charge in [-0.25, -0.2) is 9.59 Å². The number of nitrogens with one attached hydrogen (secondary N) is 10. The Morgan fingerprint density at radius 3 is 1.24 bits per heavy atom. The van der Waals surface area contributed by atoms with E-state index < -0.39 is 22.2 Å². The number of hydrogen-bond donors (Lipinski definition) is 10. The zero-order valence-corrected chi connectivity index (χ0v) is 64.6. The maximum absolute atomic E-state index is 13.8. The van der Waals surface area contributed by atoms with Crippen LogP contribution in [0.15, 0.2) is 23.8 Å². The number of carbonyl (C=O) groups is 8. The number of allylic oxidation sites excluding steroid dienone is 3. The number of thioether (sulfide) groups is 2. The van der Waals surface area contributed by atoms with E-state index in [1.165, 1.54) is 0 Å². The molecule has 4 amide bonds. The molecule has 102 heavy (non-hydrogen) atoms. The third kappa shape index (κ3) is 24.5. The SMILES string of the molecule is CC(C)(NCCCCCC(=O)C(C)(C)NC1CCN(c2nc(N3CCC(NC(C)(C)C(=O)CCCCCNCC(=O)CCCC[C@@H]4SCC5NC(=O)NC54)CC3)nc(N3CCC(NC(C)(C)C(=O)CCCCCNCC(=O)C4=CC=CC4)CC3)n2)CC1)C(=O)CCCC[C@@H]1SCC2NC(=O)NC21. The fourth-order valence-electron chi connectivity index (χ4n) is 15.8. The lowest BCUT2D eigenvalue weighted by molar-refractivity contribution is -0.125. The average molecular weight is 1460 g/mol. The number of piperidine rings is 3. The van der Waals surface area contributed by atoms with E-state index in [0.717, 1.165) is 204 Å². The number of anilines is 3. The molecule has 0 spiro atoms. The molecule has 7 aliphatic heterocycles. The van der Waals surface area contributed by atoms with Gasteiger partial charge < -0.3 is 67.9 Å². The molecule has 1 aromatic rings. The molecule has 4 unspecified atom stereocenters. The Kier molecular flexibility index (Phi) is 30.9. The molecular formula is C76H126N16O8S2. The minimum Gasteiger partial charge on any atom is -0.341 e. The number of Topliss-reactive ketones (excluding diaryl/α,β-unsaturated/α-hetero) is 6. The van der Waals surface area contributed by atoms with E-state index in [4.69, 9.17) is 15.0 Å². The van der Waals surface area contributed by atoms with E-state index >= 15 is 0 Å². The maximum Gasteiger partial charge on any atom is 0.315 e. The predicted molar refractivity (Wildman–Crippen MR) is 410 cm³/mol. The van der Waals surface area contributed by atoms with Gasteiger partial charge in [0.25, 0.3) is 0 Å². The third-order valence-corrected chi connectivity index (χ3v) is 25.5. The average Bonchev–Trinajstić information content (AvgIpc) is 1.21. The van der Waals surface area contributed by atoms with Crippen molar-refractivity contribution in [3.63, 3.8) is 0 Å². The summed E-state index contributed by atoms with van der Waals surface area (Å²) in [5.41, 5.74) is -1.79. The van der Waals surface area contributed by atoms with Crippen molar-refractivity contribution in [1.82, 2.24) is 68.1 Å². The van der Waals surface area contributed by atoms with Crippen molar-refractivity contribution >= 4 is 88.1 Å². The van der Waals surface area contributed by atoms with Crippen molar-refractivity contribution in [3.8, 4) is 0 Å². The molecule has 0 bridgehead atoms. The molecule has 0 radical (unpaired) electrons. The normalized spacial score (nSPS) is 22.9. The van der Waals surface area contributed by atoms with Crippen LogP contribution in [0.2, 0.25) is 0 Å². The molecule has 0 saturated carbocycles. The molecule has 1 aromatic heterocycles. The van der Waals surface area contributed by atoms with Gasteiger partial charge in [-0.05, 0) is 184 Å². The van der Waals surface area contributed by atoms with Crippen LogP contribution in [0.5, 0.6) is 0 Å². The summed E-state index contributed by atoms with van der Waals surface area (Å²) in [4.78, 5) is 125. The highest BCUT2D eigenvalue weighted by Gasteiger charge is 2.44. The van der Waals surface area contributed by atoms with Crippen LogP contribution in [-0.4, -0.2) is 220 Å². The van der Waals surface area contributed by atoms with E-state index in [2.05, 4.69) is 67.9 Å². The molecule has 9 rings (SSSR count). The molecule has 24 nitrogen and oxygen atoms in total. The summed E-state index contributed by atoms with van der Waals surface area (Å²) in [6.45, 7) is 23.3. The number of nitrogens with zero attached hydrogens (tertiary/aromatic N) is 6. The zero-order chi connectivity index (χ0) is 72.9. The molecule has 570 valence electrons. The largest absolute Gasteiger partial charge is 0.341 e. The van der Waals surface area contributed by atoms with Gasteiger partial charge >= 0.3 is 12.1 Å². The summed E-state index contributed by atoms with van der Waals surface area (Å²) < 4.78 is 0. The number of rotatable bonds is 47. The third-order valence-electron chi connectivity index (χ3n) is 22.5. The van der Waals surface area contributed by atoms with Gasteiger partial charge in [-0.2, -0.15) is 38.5 Å². The molecule has 1 aliphatic carbocycles. The number of carbonyl (C=O) groups excluding carboxylic acids is 8. The van der Waals surface area contributed by atoms with E-state index in [-0.39, 0.29) is 89.1 Å². The minimum absolute atomic E-state index is 0.0636. The standard InChI is InChI=1S/C76H126N16O8S2/c1-73(2,62(95)32-20-19-28-61-67-58(51-102-61)81-72(100)83-67)79-41-23-11-14-31-65(98)76(7,8)89-55-37-46-92(47-38-55)70-85-68(84-69(86-70)91-44-35-54(36-45-91)88-75(5,6)64(97)30-13-10-22-40-78-49-59(94)52-24-15-16-25-52)90-42-33-53(34-43-90)87-74(3,4)63(96)29-12-9-21-39-77-48-56(93)26-17-18-27-60-66-57(50-101-60)80-71(99)82-66/h15-16,24,53-55,57-58,60-61,66-67,77-79,87-89H,9-14,17-23,25-51H2,1-8H3,(H2,80,82,99)(H2,81,83,100)/t57?,58?,60-,61-,66?,67?/m0/s1. The Bertz CT molecular complexity index is 3030. The van der Waals surface area contributed by atoms with Crippen molar-refractivity contribution in [2.75, 3.05) is 98.2 Å². The quantitative estimate of drug-likeness (QED) is 0.0219. The van der Waals surface area contributed by atoms with E-state index in [1.807, 2.05) is 97.1 Å². The first kappa shape index (κ1) is 81.0. The number of ketones is 6. The van der Waals surface area contributed by atoms with Gasteiger partial charge in [0.05, 0.1) is 59.4 Å². The Balaban J connectivity index is 0.694. The Morgan fingerprint density at radius 1 is 0.461 bits per heavy atom. The number of unbranched alkanes of at least 4 members (excludes halogenated alkanes) is 8. The minimum atomic E-state index is -0.687. The number of amides is 4. The summed E-state index contributed by atoms with van der Waals surface area (Å²) in [6.07, 6.45) is 27.6. The van der Waals surface area contributed by atoms with Crippen molar-refractivity contribution < 1.29 is 38.4 Å². The molecule has 0 aromatic carbocycles. The molecule has 7 fully saturated rings. The fourth-order valence-corrected chi connectivity index (χ4v) is 18.9. The highest BCUT2D eigenvalue weighted by molar-refractivity contribution is 8.00. The second-order valence-electron chi connectivity index (χ2n) is 32.4. The van der Waals surface area contributed by atoms with E-state index in [1.54, 1.807) is 0 Å². The molecule has 8 heterocycles. The van der Waals surface area contributed by atoms with Gasteiger partial charge in [0.1, 0.15) is 5.78 Å². The van der Waals surface area contributed by atoms with Crippen molar-refractivity contribution in [2.45, 2.75) is 304 Å². The Morgan fingerprint density at radius 2 is 0.833 bits per heavy atom. The molecule has 26 heteroatoms. The second kappa shape index (κ2) is 39.0. The number of fused-ring (bicyclic) bond motifs is 2. The number of hydrogen-bond acceptors (Lipinski definition) is 22. The van der Waals surface area contributed by atoms with Crippen molar-refractivity contribution in [1.29, 1.82) is 0 Å². The predicted octanol–water partition coefficient (Wildman–Crippen LogP) is 7.86. The number of aromatic nitrogens is 3. The first-order valence-electron chi connectivity index (χ1n) is 39.2. The lowest BCUT2D eigenvalue weighted by Crippen LogP contribution is -2.55. The molecule has 10 N–H and O–H groups in total. The van der Waals surface area contributed by atoms with E-state index in [9.17, 15) is 38.4 Å². The first-order chi connectivity index (χ1) is 48.8. The van der Waals surface area contributed by atoms with E-state index in [0.29, 0.717) is 86.5 Å². The zero-order valence-electron chi connectivity index (χ0n) is 63.0. The van der Waals surface area contributed by atoms with Crippen LogP contribution in [0.1, 0.15) is 229 Å². The van der Waals surface area contributed by atoms with Crippen LogP contribution in [0.3, 0.4) is 0 Å². The lowest BCUT2D eigenvalue weighted by Gasteiger charge is -2.39. The van der Waals surface area contributed by atoms with Gasteiger partial charge in [-0.15, -0.1) is 0 Å². The summed E-state index contributed by atoms with van der Waals surface area (Å²) in [7, 11) is 0. The highest BCUT2D eigenvalue weighted by Crippen LogP contribution is 2.35.